The normalized spacial score (nSPS) is 16.4. The van der Waals surface area contributed by atoms with Crippen molar-refractivity contribution in [1.29, 1.82) is 0 Å². The molecule has 1 saturated carbocycles. The highest BCUT2D eigenvalue weighted by molar-refractivity contribution is 6.32. The molecule has 0 aromatic heterocycles. The first-order valence-corrected chi connectivity index (χ1v) is 6.83. The molecule has 0 radical (unpaired) electrons. The lowest BCUT2D eigenvalue weighted by Gasteiger charge is -2.40. The maximum Gasteiger partial charge on any atom is 0.335 e. The Morgan fingerprint density at radius 1 is 1.50 bits per heavy atom. The van der Waals surface area contributed by atoms with E-state index in [1.165, 1.54) is 19.2 Å². The van der Waals surface area contributed by atoms with Gasteiger partial charge in [0, 0.05) is 12.0 Å². The molecule has 1 aromatic carbocycles. The fourth-order valence-electron chi connectivity index (χ4n) is 2.29. The van der Waals surface area contributed by atoms with Crippen molar-refractivity contribution < 1.29 is 19.4 Å². The van der Waals surface area contributed by atoms with Crippen molar-refractivity contribution in [1.82, 2.24) is 0 Å². The van der Waals surface area contributed by atoms with E-state index in [0.29, 0.717) is 24.7 Å². The van der Waals surface area contributed by atoms with Crippen LogP contribution in [0.5, 0.6) is 11.5 Å². The van der Waals surface area contributed by atoms with Crippen molar-refractivity contribution in [3.63, 3.8) is 0 Å². The van der Waals surface area contributed by atoms with E-state index < -0.39 is 5.97 Å². The Morgan fingerprint density at radius 2 is 2.20 bits per heavy atom. The first-order chi connectivity index (χ1) is 9.51. The Morgan fingerprint density at radius 3 is 2.65 bits per heavy atom. The number of hydrogen-bond donors (Lipinski definition) is 2. The van der Waals surface area contributed by atoms with Gasteiger partial charge in [0.05, 0.1) is 24.3 Å². The summed E-state index contributed by atoms with van der Waals surface area (Å²) in [4.78, 5) is 11.0. The predicted octanol–water partition coefficient (Wildman–Crippen LogP) is 2.55. The first-order valence-electron chi connectivity index (χ1n) is 6.45. The molecule has 0 atom stereocenters. The zero-order valence-electron chi connectivity index (χ0n) is 11.3. The highest BCUT2D eigenvalue weighted by Crippen LogP contribution is 2.43. The minimum absolute atomic E-state index is 0.0137. The number of benzene rings is 1. The molecule has 1 aliphatic carbocycles. The fraction of sp³-hybridized carbons (Fsp3) is 0.500. The lowest BCUT2D eigenvalue weighted by molar-refractivity contribution is 0.0650. The van der Waals surface area contributed by atoms with E-state index in [0.717, 1.165) is 19.3 Å². The van der Waals surface area contributed by atoms with Gasteiger partial charge in [-0.05, 0) is 25.0 Å². The molecule has 20 heavy (non-hydrogen) atoms. The summed E-state index contributed by atoms with van der Waals surface area (Å²) in [7, 11) is 1.45. The van der Waals surface area contributed by atoms with Gasteiger partial charge in [0.15, 0.2) is 11.5 Å². The maximum absolute atomic E-state index is 11.0. The molecule has 0 saturated heterocycles. The molecule has 2 rings (SSSR count). The number of ether oxygens (including phenoxy) is 2. The van der Waals surface area contributed by atoms with Gasteiger partial charge in [-0.1, -0.05) is 18.0 Å². The van der Waals surface area contributed by atoms with E-state index in [2.05, 4.69) is 0 Å². The highest BCUT2D eigenvalue weighted by atomic mass is 35.5. The topological polar surface area (TPSA) is 81.8 Å². The van der Waals surface area contributed by atoms with Crippen LogP contribution in [0.2, 0.25) is 5.02 Å². The van der Waals surface area contributed by atoms with Crippen LogP contribution in [0.4, 0.5) is 0 Å². The molecule has 110 valence electrons. The molecule has 1 aliphatic rings. The third-order valence-electron chi connectivity index (χ3n) is 3.85. The number of methoxy groups -OCH3 is 1. The van der Waals surface area contributed by atoms with E-state index in [1.807, 2.05) is 0 Å². The minimum Gasteiger partial charge on any atom is -0.493 e. The number of rotatable bonds is 6. The molecule has 0 heterocycles. The zero-order valence-corrected chi connectivity index (χ0v) is 12.1. The second-order valence-electron chi connectivity index (χ2n) is 5.14. The second kappa shape index (κ2) is 5.89. The Balaban J connectivity index is 2.20. The van der Waals surface area contributed by atoms with Gasteiger partial charge in [0.2, 0.25) is 0 Å². The average molecular weight is 300 g/mol. The number of carboxylic acids is 1. The van der Waals surface area contributed by atoms with E-state index in [-0.39, 0.29) is 16.0 Å². The van der Waals surface area contributed by atoms with E-state index >= 15 is 0 Å². The van der Waals surface area contributed by atoms with E-state index in [4.69, 9.17) is 31.9 Å². The zero-order chi connectivity index (χ0) is 14.8. The van der Waals surface area contributed by atoms with Crippen LogP contribution in [0.3, 0.4) is 0 Å². The van der Waals surface area contributed by atoms with Crippen LogP contribution in [0.25, 0.3) is 0 Å². The summed E-state index contributed by atoms with van der Waals surface area (Å²) in [6.45, 7) is 1.03. The molecule has 6 heteroatoms. The molecule has 0 amide bonds. The molecule has 0 unspecified atom stereocenters. The second-order valence-corrected chi connectivity index (χ2v) is 5.55. The summed E-state index contributed by atoms with van der Waals surface area (Å²) >= 11 is 6.09. The summed E-state index contributed by atoms with van der Waals surface area (Å²) in [5.41, 5.74) is 5.86. The fourth-order valence-corrected chi connectivity index (χ4v) is 2.56. The average Bonchev–Trinajstić information content (AvgIpc) is 2.38. The molecular formula is C14H18ClNO4. The summed E-state index contributed by atoms with van der Waals surface area (Å²) in [6, 6.07) is 2.76. The van der Waals surface area contributed by atoms with Crippen LogP contribution in [0.1, 0.15) is 29.6 Å². The lowest BCUT2D eigenvalue weighted by Crippen LogP contribution is -2.42. The van der Waals surface area contributed by atoms with Crippen molar-refractivity contribution >= 4 is 17.6 Å². The number of nitrogens with two attached hydrogens (primary N) is 1. The predicted molar refractivity (Wildman–Crippen MR) is 75.8 cm³/mol. The maximum atomic E-state index is 11.0. The summed E-state index contributed by atoms with van der Waals surface area (Å²) in [5, 5.41) is 9.22. The molecule has 1 aromatic rings. The molecule has 5 nitrogen and oxygen atoms in total. The summed E-state index contributed by atoms with van der Waals surface area (Å²) in [6.07, 6.45) is 3.23. The lowest BCUT2D eigenvalue weighted by atomic mass is 9.69. The third kappa shape index (κ3) is 2.83. The van der Waals surface area contributed by atoms with Gasteiger partial charge in [0.25, 0.3) is 0 Å². The number of aromatic carboxylic acids is 1. The third-order valence-corrected chi connectivity index (χ3v) is 4.13. The van der Waals surface area contributed by atoms with E-state index in [1.54, 1.807) is 0 Å². The number of hydrogen-bond acceptors (Lipinski definition) is 4. The van der Waals surface area contributed by atoms with Crippen LogP contribution >= 0.6 is 11.6 Å². The molecule has 0 aliphatic heterocycles. The van der Waals surface area contributed by atoms with Crippen molar-refractivity contribution in [2.45, 2.75) is 19.3 Å². The van der Waals surface area contributed by atoms with Gasteiger partial charge in [0.1, 0.15) is 0 Å². The quantitative estimate of drug-likeness (QED) is 0.843. The SMILES string of the molecule is COc1cc(C(=O)O)cc(Cl)c1OCC1(CN)CCC1. The van der Waals surface area contributed by atoms with Gasteiger partial charge in [-0.25, -0.2) is 4.79 Å². The minimum atomic E-state index is -1.06. The van der Waals surface area contributed by atoms with Crippen LogP contribution in [-0.2, 0) is 0 Å². The number of carbonyl (C=O) groups is 1. The number of carboxylic acid groups (broad SMARTS) is 1. The number of halogens is 1. The van der Waals surface area contributed by atoms with Gasteiger partial charge < -0.3 is 20.3 Å². The van der Waals surface area contributed by atoms with Crippen LogP contribution in [0.15, 0.2) is 12.1 Å². The van der Waals surface area contributed by atoms with E-state index in [9.17, 15) is 4.79 Å². The monoisotopic (exact) mass is 299 g/mol. The highest BCUT2D eigenvalue weighted by Gasteiger charge is 2.36. The Kier molecular flexibility index (Phi) is 4.40. The van der Waals surface area contributed by atoms with Crippen molar-refractivity contribution in [3.8, 4) is 11.5 Å². The van der Waals surface area contributed by atoms with Crippen LogP contribution in [-0.4, -0.2) is 31.3 Å². The molecular weight excluding hydrogens is 282 g/mol. The molecule has 1 fully saturated rings. The van der Waals surface area contributed by atoms with Gasteiger partial charge in [-0.3, -0.25) is 0 Å². The molecule has 3 N–H and O–H groups in total. The first kappa shape index (κ1) is 14.9. The van der Waals surface area contributed by atoms with Crippen molar-refractivity contribution in [3.05, 3.63) is 22.7 Å². The summed E-state index contributed by atoms with van der Waals surface area (Å²) < 4.78 is 10.9. The Labute approximate surface area is 122 Å². The summed E-state index contributed by atoms with van der Waals surface area (Å²) in [5.74, 6) is -0.366. The molecule has 0 bridgehead atoms. The van der Waals surface area contributed by atoms with Crippen molar-refractivity contribution in [2.24, 2.45) is 11.1 Å². The van der Waals surface area contributed by atoms with Crippen LogP contribution in [0, 0.1) is 5.41 Å². The smallest absolute Gasteiger partial charge is 0.335 e. The Bertz CT molecular complexity index is 509. The Hall–Kier alpha value is -1.46. The standard InChI is InChI=1S/C14H18ClNO4/c1-19-11-6-9(13(17)18)5-10(15)12(11)20-8-14(7-16)3-2-4-14/h5-6H,2-4,7-8,16H2,1H3,(H,17,18). The van der Waals surface area contributed by atoms with Crippen LogP contribution < -0.4 is 15.2 Å². The van der Waals surface area contributed by atoms with Gasteiger partial charge in [-0.15, -0.1) is 0 Å². The molecule has 0 spiro atoms. The van der Waals surface area contributed by atoms with Gasteiger partial charge >= 0.3 is 5.97 Å². The van der Waals surface area contributed by atoms with Gasteiger partial charge in [-0.2, -0.15) is 0 Å². The largest absolute Gasteiger partial charge is 0.493 e. The van der Waals surface area contributed by atoms with Crippen molar-refractivity contribution in [2.75, 3.05) is 20.3 Å².